The normalized spacial score (nSPS) is 11.7. The van der Waals surface area contributed by atoms with Crippen molar-refractivity contribution in [3.8, 4) is 5.75 Å². The van der Waals surface area contributed by atoms with Crippen LogP contribution >= 0.6 is 0 Å². The number of methoxy groups -OCH3 is 1. The zero-order chi connectivity index (χ0) is 22.3. The number of amides is 2. The Morgan fingerprint density at radius 3 is 2.66 bits per heavy atom. The molecule has 0 saturated carbocycles. The van der Waals surface area contributed by atoms with Crippen molar-refractivity contribution in [3.05, 3.63) is 96.4 Å². The number of pyridine rings is 1. The van der Waals surface area contributed by atoms with E-state index >= 15 is 0 Å². The lowest BCUT2D eigenvalue weighted by Crippen LogP contribution is -2.41. The van der Waals surface area contributed by atoms with Crippen molar-refractivity contribution < 1.29 is 14.3 Å². The molecule has 2 N–H and O–H groups in total. The van der Waals surface area contributed by atoms with E-state index in [9.17, 15) is 9.59 Å². The number of nitrogens with one attached hydrogen (secondary N) is 2. The Hall–Kier alpha value is -4.13. The van der Waals surface area contributed by atoms with Crippen LogP contribution in [-0.4, -0.2) is 35.0 Å². The Kier molecular flexibility index (Phi) is 6.46. The van der Waals surface area contributed by atoms with Crippen LogP contribution in [0.2, 0.25) is 0 Å². The molecule has 0 fully saturated rings. The number of carbonyl (C=O) groups is 2. The maximum atomic E-state index is 13.0. The van der Waals surface area contributed by atoms with E-state index in [-0.39, 0.29) is 11.8 Å². The third-order valence-corrected chi connectivity index (χ3v) is 5.22. The van der Waals surface area contributed by atoms with Crippen molar-refractivity contribution in [3.63, 3.8) is 0 Å². The van der Waals surface area contributed by atoms with Crippen LogP contribution in [0.1, 0.15) is 22.0 Å². The summed E-state index contributed by atoms with van der Waals surface area (Å²) in [5.74, 6) is 0.178. The first kappa shape index (κ1) is 21.1. The summed E-state index contributed by atoms with van der Waals surface area (Å²) in [6.07, 6.45) is 5.05. The lowest BCUT2D eigenvalue weighted by atomic mass is 10.1. The molecule has 4 rings (SSSR count). The van der Waals surface area contributed by atoms with Crippen molar-refractivity contribution in [2.24, 2.45) is 0 Å². The zero-order valence-corrected chi connectivity index (χ0v) is 17.7. The molecule has 2 heterocycles. The Balaban J connectivity index is 1.44. The monoisotopic (exact) mass is 428 g/mol. The van der Waals surface area contributed by atoms with Gasteiger partial charge in [-0.2, -0.15) is 0 Å². The number of carbonyl (C=O) groups excluding carboxylic acids is 2. The number of hydrogen-bond donors (Lipinski definition) is 2. The van der Waals surface area contributed by atoms with E-state index in [1.165, 1.54) is 6.20 Å². The molecular formula is C25H24N4O3. The molecule has 0 spiro atoms. The number of rotatable bonds is 8. The average molecular weight is 428 g/mol. The lowest BCUT2D eigenvalue weighted by Gasteiger charge is -2.19. The van der Waals surface area contributed by atoms with Gasteiger partial charge in [0.15, 0.2) is 0 Å². The first-order valence-corrected chi connectivity index (χ1v) is 10.3. The third-order valence-electron chi connectivity index (χ3n) is 5.22. The van der Waals surface area contributed by atoms with Gasteiger partial charge in [0.25, 0.3) is 5.91 Å². The maximum absolute atomic E-state index is 13.0. The predicted molar refractivity (Wildman–Crippen MR) is 122 cm³/mol. The molecule has 0 aliphatic carbocycles. The van der Waals surface area contributed by atoms with E-state index < -0.39 is 6.04 Å². The second-order valence-corrected chi connectivity index (χ2v) is 7.28. The average Bonchev–Trinajstić information content (AvgIpc) is 3.25. The molecule has 4 aromatic rings. The number of hydrogen-bond acceptors (Lipinski definition) is 4. The minimum Gasteiger partial charge on any atom is -0.497 e. The van der Waals surface area contributed by atoms with Crippen molar-refractivity contribution in [2.75, 3.05) is 13.7 Å². The van der Waals surface area contributed by atoms with E-state index in [4.69, 9.17) is 4.74 Å². The first-order chi connectivity index (χ1) is 15.7. The Morgan fingerprint density at radius 2 is 1.91 bits per heavy atom. The number of aromatic nitrogens is 2. The van der Waals surface area contributed by atoms with Gasteiger partial charge < -0.3 is 19.9 Å². The van der Waals surface area contributed by atoms with E-state index in [2.05, 4.69) is 20.2 Å². The fourth-order valence-electron chi connectivity index (χ4n) is 3.56. The van der Waals surface area contributed by atoms with Crippen molar-refractivity contribution in [2.45, 2.75) is 12.6 Å². The topological polar surface area (TPSA) is 85.2 Å². The van der Waals surface area contributed by atoms with Gasteiger partial charge in [-0.15, -0.1) is 0 Å². The van der Waals surface area contributed by atoms with Gasteiger partial charge in [-0.25, -0.2) is 0 Å². The van der Waals surface area contributed by atoms with Gasteiger partial charge in [0.2, 0.25) is 5.91 Å². The van der Waals surface area contributed by atoms with E-state index in [0.29, 0.717) is 24.2 Å². The number of ether oxygens (including phenoxy) is 1. The molecule has 7 nitrogen and oxygen atoms in total. The summed E-state index contributed by atoms with van der Waals surface area (Å²) in [6, 6.07) is 19.6. The van der Waals surface area contributed by atoms with Crippen molar-refractivity contribution in [1.82, 2.24) is 20.2 Å². The van der Waals surface area contributed by atoms with Crippen molar-refractivity contribution in [1.29, 1.82) is 0 Å². The molecule has 0 aliphatic heterocycles. The zero-order valence-electron chi connectivity index (χ0n) is 17.7. The van der Waals surface area contributed by atoms with Crippen LogP contribution in [0.25, 0.3) is 10.9 Å². The smallest absolute Gasteiger partial charge is 0.253 e. The van der Waals surface area contributed by atoms with E-state index in [0.717, 1.165) is 16.7 Å². The minimum absolute atomic E-state index is 0.272. The second-order valence-electron chi connectivity index (χ2n) is 7.28. The second kappa shape index (κ2) is 9.78. The summed E-state index contributed by atoms with van der Waals surface area (Å²) in [5, 5.41) is 6.84. The standard InChI is InChI=1S/C25H24N4O3/c1-32-21-9-10-22-19(16-21)11-14-29(22)15-13-27-25(31)23(18-6-3-2-4-7-18)28-24(30)20-8-5-12-26-17-20/h2-12,14,16-17,23H,13,15H2,1H3,(H,27,31)(H,28,30). The van der Waals surface area contributed by atoms with Gasteiger partial charge >= 0.3 is 0 Å². The van der Waals surface area contributed by atoms with Crippen LogP contribution in [0.3, 0.4) is 0 Å². The van der Waals surface area contributed by atoms with Crippen LogP contribution in [0.4, 0.5) is 0 Å². The molecular weight excluding hydrogens is 404 g/mol. The highest BCUT2D eigenvalue weighted by Gasteiger charge is 2.23. The summed E-state index contributed by atoms with van der Waals surface area (Å²) in [4.78, 5) is 29.6. The fourth-order valence-corrected chi connectivity index (χ4v) is 3.56. The highest BCUT2D eigenvalue weighted by Crippen LogP contribution is 2.21. The van der Waals surface area contributed by atoms with Crippen LogP contribution in [0, 0.1) is 0 Å². The largest absolute Gasteiger partial charge is 0.497 e. The van der Waals surface area contributed by atoms with E-state index in [1.54, 1.807) is 25.4 Å². The van der Waals surface area contributed by atoms with Crippen LogP contribution in [-0.2, 0) is 11.3 Å². The molecule has 0 saturated heterocycles. The first-order valence-electron chi connectivity index (χ1n) is 10.3. The highest BCUT2D eigenvalue weighted by molar-refractivity contribution is 5.97. The van der Waals surface area contributed by atoms with Gasteiger partial charge in [0.1, 0.15) is 11.8 Å². The maximum Gasteiger partial charge on any atom is 0.253 e. The molecule has 0 aliphatic rings. The molecule has 0 radical (unpaired) electrons. The highest BCUT2D eigenvalue weighted by atomic mass is 16.5. The van der Waals surface area contributed by atoms with Crippen LogP contribution in [0.15, 0.2) is 85.3 Å². The molecule has 0 bridgehead atoms. The SMILES string of the molecule is COc1ccc2c(ccn2CCNC(=O)C(NC(=O)c2cccnc2)c2ccccc2)c1. The summed E-state index contributed by atoms with van der Waals surface area (Å²) in [5.41, 5.74) is 2.17. The van der Waals surface area contributed by atoms with Gasteiger partial charge in [-0.1, -0.05) is 30.3 Å². The quantitative estimate of drug-likeness (QED) is 0.451. The summed E-state index contributed by atoms with van der Waals surface area (Å²) in [7, 11) is 1.64. The molecule has 7 heteroatoms. The number of fused-ring (bicyclic) bond motifs is 1. The number of nitrogens with zero attached hydrogens (tertiary/aromatic N) is 2. The molecule has 2 amide bonds. The molecule has 1 atom stereocenters. The summed E-state index contributed by atoms with van der Waals surface area (Å²) >= 11 is 0. The Labute approximate surface area is 186 Å². The van der Waals surface area contributed by atoms with Gasteiger partial charge in [0.05, 0.1) is 12.7 Å². The summed E-state index contributed by atoms with van der Waals surface area (Å²) < 4.78 is 7.34. The van der Waals surface area contributed by atoms with E-state index in [1.807, 2.05) is 60.8 Å². The van der Waals surface area contributed by atoms with Gasteiger partial charge in [-0.05, 0) is 42.0 Å². The molecule has 2 aromatic heterocycles. The minimum atomic E-state index is -0.811. The molecule has 2 aromatic carbocycles. The third kappa shape index (κ3) is 4.78. The van der Waals surface area contributed by atoms with Crippen LogP contribution in [0.5, 0.6) is 5.75 Å². The molecule has 1 unspecified atom stereocenters. The van der Waals surface area contributed by atoms with Crippen molar-refractivity contribution >= 4 is 22.7 Å². The number of benzene rings is 2. The van der Waals surface area contributed by atoms with Gasteiger partial charge in [-0.3, -0.25) is 14.6 Å². The fraction of sp³-hybridized carbons (Fsp3) is 0.160. The predicted octanol–water partition coefficient (Wildman–Crippen LogP) is 3.33. The Bertz CT molecular complexity index is 1210. The van der Waals surface area contributed by atoms with Crippen LogP contribution < -0.4 is 15.4 Å². The Morgan fingerprint density at radius 1 is 1.06 bits per heavy atom. The van der Waals surface area contributed by atoms with Gasteiger partial charge in [0, 0.05) is 42.6 Å². The summed E-state index contributed by atoms with van der Waals surface area (Å²) in [6.45, 7) is 1.01. The molecule has 32 heavy (non-hydrogen) atoms. The molecule has 162 valence electrons. The lowest BCUT2D eigenvalue weighted by molar-refractivity contribution is -0.123.